The quantitative estimate of drug-likeness (QED) is 0.582. The van der Waals surface area contributed by atoms with Gasteiger partial charge in [-0.05, 0) is 53.2 Å². The first-order valence-electron chi connectivity index (χ1n) is 8.47. The first-order valence-corrected chi connectivity index (χ1v) is 8.47. The van der Waals surface area contributed by atoms with Crippen LogP contribution in [0, 0.1) is 0 Å². The topological polar surface area (TPSA) is 73.5 Å². The van der Waals surface area contributed by atoms with Crippen LogP contribution in [0.1, 0.15) is 24.4 Å². The Morgan fingerprint density at radius 2 is 1.85 bits per heavy atom. The molecule has 0 aliphatic heterocycles. The molecule has 7 heteroatoms. The van der Waals surface area contributed by atoms with E-state index in [4.69, 9.17) is 0 Å². The molecule has 0 fully saturated rings. The van der Waals surface area contributed by atoms with Gasteiger partial charge in [-0.1, -0.05) is 30.3 Å². The summed E-state index contributed by atoms with van der Waals surface area (Å²) in [6, 6.07) is 20.3. The number of benzene rings is 2. The standard InChI is InChI=1S/C19H19N7/c1-15(16-7-5-10-18(13-16)25-12-6-11-21-25)20-14-19-22-23-24-26(19)17-8-3-2-4-9-17/h2-13,15,20H,14H2,1H3/t15-/m0/s1. The predicted molar refractivity (Wildman–Crippen MR) is 98.0 cm³/mol. The van der Waals surface area contributed by atoms with Crippen molar-refractivity contribution in [3.05, 3.63) is 84.4 Å². The molecule has 2 heterocycles. The van der Waals surface area contributed by atoms with Crippen LogP contribution in [-0.4, -0.2) is 30.0 Å². The van der Waals surface area contributed by atoms with Crippen LogP contribution in [0.4, 0.5) is 0 Å². The maximum atomic E-state index is 4.29. The molecule has 0 saturated heterocycles. The zero-order valence-electron chi connectivity index (χ0n) is 14.4. The molecular formula is C19H19N7. The van der Waals surface area contributed by atoms with E-state index < -0.39 is 0 Å². The summed E-state index contributed by atoms with van der Waals surface area (Å²) in [4.78, 5) is 0. The predicted octanol–water partition coefficient (Wildman–Crippen LogP) is 2.70. The highest BCUT2D eigenvalue weighted by atomic mass is 15.5. The van der Waals surface area contributed by atoms with E-state index in [1.807, 2.05) is 59.4 Å². The van der Waals surface area contributed by atoms with Crippen LogP contribution in [0.25, 0.3) is 11.4 Å². The molecule has 7 nitrogen and oxygen atoms in total. The van der Waals surface area contributed by atoms with Crippen molar-refractivity contribution in [3.63, 3.8) is 0 Å². The van der Waals surface area contributed by atoms with Crippen LogP contribution in [0.5, 0.6) is 0 Å². The number of para-hydroxylation sites is 1. The Labute approximate surface area is 151 Å². The van der Waals surface area contributed by atoms with E-state index in [-0.39, 0.29) is 6.04 Å². The summed E-state index contributed by atoms with van der Waals surface area (Å²) in [7, 11) is 0. The van der Waals surface area contributed by atoms with Gasteiger partial charge in [0.2, 0.25) is 0 Å². The van der Waals surface area contributed by atoms with E-state index in [1.54, 1.807) is 10.9 Å². The number of rotatable bonds is 6. The Bertz CT molecular complexity index is 960. The lowest BCUT2D eigenvalue weighted by Crippen LogP contribution is -2.21. The highest BCUT2D eigenvalue weighted by Crippen LogP contribution is 2.17. The number of nitrogens with zero attached hydrogens (tertiary/aromatic N) is 6. The first kappa shape index (κ1) is 16.2. The first-order chi connectivity index (χ1) is 12.8. The summed E-state index contributed by atoms with van der Waals surface area (Å²) >= 11 is 0. The molecule has 0 saturated carbocycles. The lowest BCUT2D eigenvalue weighted by Gasteiger charge is -2.15. The van der Waals surface area contributed by atoms with Crippen LogP contribution >= 0.6 is 0 Å². The van der Waals surface area contributed by atoms with Gasteiger partial charge >= 0.3 is 0 Å². The second-order valence-corrected chi connectivity index (χ2v) is 5.99. The molecule has 1 N–H and O–H groups in total. The summed E-state index contributed by atoms with van der Waals surface area (Å²) in [5, 5.41) is 19.8. The van der Waals surface area contributed by atoms with Gasteiger partial charge < -0.3 is 5.32 Å². The number of hydrogen-bond donors (Lipinski definition) is 1. The van der Waals surface area contributed by atoms with Gasteiger partial charge in [-0.25, -0.2) is 4.68 Å². The van der Waals surface area contributed by atoms with Gasteiger partial charge in [0, 0.05) is 18.4 Å². The Balaban J connectivity index is 1.48. The fraction of sp³-hybridized carbons (Fsp3) is 0.158. The third kappa shape index (κ3) is 3.38. The third-order valence-electron chi connectivity index (χ3n) is 4.24. The van der Waals surface area contributed by atoms with Gasteiger partial charge in [0.05, 0.1) is 17.9 Å². The summed E-state index contributed by atoms with van der Waals surface area (Å²) in [6.45, 7) is 2.69. The van der Waals surface area contributed by atoms with Gasteiger partial charge in [-0.2, -0.15) is 9.78 Å². The molecule has 0 bridgehead atoms. The maximum absolute atomic E-state index is 4.29. The van der Waals surface area contributed by atoms with E-state index in [9.17, 15) is 0 Å². The SMILES string of the molecule is C[C@H](NCc1nnnn1-c1ccccc1)c1cccc(-n2cccn2)c1. The van der Waals surface area contributed by atoms with E-state index in [0.29, 0.717) is 6.54 Å². The molecule has 1 atom stereocenters. The molecule has 0 amide bonds. The van der Waals surface area contributed by atoms with Gasteiger partial charge in [0.1, 0.15) is 0 Å². The van der Waals surface area contributed by atoms with Crippen molar-refractivity contribution in [1.29, 1.82) is 0 Å². The van der Waals surface area contributed by atoms with Crippen molar-refractivity contribution < 1.29 is 0 Å². The number of aromatic nitrogens is 6. The van der Waals surface area contributed by atoms with E-state index >= 15 is 0 Å². The van der Waals surface area contributed by atoms with Gasteiger partial charge in [-0.15, -0.1) is 5.10 Å². The lowest BCUT2D eigenvalue weighted by molar-refractivity contribution is 0.550. The lowest BCUT2D eigenvalue weighted by atomic mass is 10.1. The van der Waals surface area contributed by atoms with Crippen molar-refractivity contribution >= 4 is 0 Å². The second-order valence-electron chi connectivity index (χ2n) is 5.99. The van der Waals surface area contributed by atoms with Crippen LogP contribution < -0.4 is 5.32 Å². The van der Waals surface area contributed by atoms with E-state index in [0.717, 1.165) is 17.2 Å². The summed E-state index contributed by atoms with van der Waals surface area (Å²) < 4.78 is 3.60. The number of hydrogen-bond acceptors (Lipinski definition) is 5. The highest BCUT2D eigenvalue weighted by Gasteiger charge is 2.11. The van der Waals surface area contributed by atoms with Crippen molar-refractivity contribution in [1.82, 2.24) is 35.3 Å². The average Bonchev–Trinajstić information content (AvgIpc) is 3.39. The third-order valence-corrected chi connectivity index (χ3v) is 4.24. The molecule has 130 valence electrons. The van der Waals surface area contributed by atoms with Crippen molar-refractivity contribution in [2.24, 2.45) is 0 Å². The fourth-order valence-electron chi connectivity index (χ4n) is 2.81. The van der Waals surface area contributed by atoms with Crippen LogP contribution in [0.2, 0.25) is 0 Å². The molecule has 2 aromatic heterocycles. The summed E-state index contributed by atoms with van der Waals surface area (Å²) in [5.74, 6) is 0.770. The van der Waals surface area contributed by atoms with Gasteiger partial charge in [0.15, 0.2) is 5.82 Å². The Morgan fingerprint density at radius 3 is 2.65 bits per heavy atom. The summed E-state index contributed by atoms with van der Waals surface area (Å²) in [6.07, 6.45) is 3.71. The molecule has 0 unspecified atom stereocenters. The Hall–Kier alpha value is -3.32. The van der Waals surface area contributed by atoms with Crippen molar-refractivity contribution in [2.45, 2.75) is 19.5 Å². The molecule has 2 aromatic carbocycles. The minimum absolute atomic E-state index is 0.145. The molecule has 0 spiro atoms. The molecule has 4 aromatic rings. The summed E-state index contributed by atoms with van der Waals surface area (Å²) in [5.41, 5.74) is 3.16. The molecular weight excluding hydrogens is 326 g/mol. The minimum Gasteiger partial charge on any atom is -0.303 e. The van der Waals surface area contributed by atoms with Crippen molar-refractivity contribution in [3.8, 4) is 11.4 Å². The van der Waals surface area contributed by atoms with Crippen LogP contribution in [-0.2, 0) is 6.54 Å². The van der Waals surface area contributed by atoms with Crippen LogP contribution in [0.15, 0.2) is 73.1 Å². The normalized spacial score (nSPS) is 12.2. The molecule has 0 radical (unpaired) electrons. The van der Waals surface area contributed by atoms with Gasteiger partial charge in [-0.3, -0.25) is 0 Å². The average molecular weight is 345 g/mol. The molecule has 0 aliphatic rings. The maximum Gasteiger partial charge on any atom is 0.170 e. The monoisotopic (exact) mass is 345 g/mol. The molecule has 26 heavy (non-hydrogen) atoms. The van der Waals surface area contributed by atoms with E-state index in [2.05, 4.69) is 45.0 Å². The smallest absolute Gasteiger partial charge is 0.170 e. The van der Waals surface area contributed by atoms with Crippen molar-refractivity contribution in [2.75, 3.05) is 0 Å². The largest absolute Gasteiger partial charge is 0.303 e. The van der Waals surface area contributed by atoms with Crippen LogP contribution in [0.3, 0.4) is 0 Å². The zero-order valence-corrected chi connectivity index (χ0v) is 14.4. The molecule has 4 rings (SSSR count). The van der Waals surface area contributed by atoms with Gasteiger partial charge in [0.25, 0.3) is 0 Å². The number of tetrazole rings is 1. The minimum atomic E-state index is 0.145. The fourth-order valence-corrected chi connectivity index (χ4v) is 2.81. The second kappa shape index (κ2) is 7.28. The zero-order chi connectivity index (χ0) is 17.8. The Kier molecular flexibility index (Phi) is 4.53. The number of nitrogens with one attached hydrogen (secondary N) is 1. The molecule has 0 aliphatic carbocycles. The highest BCUT2D eigenvalue weighted by molar-refractivity contribution is 5.36. The van der Waals surface area contributed by atoms with E-state index in [1.165, 1.54) is 5.56 Å². The Morgan fingerprint density at radius 1 is 1.00 bits per heavy atom.